The summed E-state index contributed by atoms with van der Waals surface area (Å²) in [5.74, 6) is -0.000222. The van der Waals surface area contributed by atoms with Gasteiger partial charge in [0.2, 0.25) is 5.88 Å². The van der Waals surface area contributed by atoms with Gasteiger partial charge in [0.15, 0.2) is 0 Å². The van der Waals surface area contributed by atoms with Crippen molar-refractivity contribution in [1.82, 2.24) is 4.98 Å². The van der Waals surface area contributed by atoms with Gasteiger partial charge in [-0.1, -0.05) is 23.7 Å². The molecule has 0 aliphatic rings. The summed E-state index contributed by atoms with van der Waals surface area (Å²) in [5, 5.41) is 0.408. The monoisotopic (exact) mass is 278 g/mol. The number of esters is 1. The van der Waals surface area contributed by atoms with Gasteiger partial charge in [0.1, 0.15) is 11.3 Å². The lowest BCUT2D eigenvalue weighted by Crippen LogP contribution is -2.04. The average Bonchev–Trinajstić information content (AvgIpc) is 2.41. The molecule has 0 radical (unpaired) electrons. The number of benzene rings is 1. The molecule has 98 valence electrons. The quantitative estimate of drug-likeness (QED) is 0.874. The maximum Gasteiger partial charge on any atom is 0.341 e. The number of para-hydroxylation sites is 1. The highest BCUT2D eigenvalue weighted by molar-refractivity contribution is 6.30. The highest BCUT2D eigenvalue weighted by Crippen LogP contribution is 2.29. The van der Waals surface area contributed by atoms with Gasteiger partial charge in [-0.15, -0.1) is 0 Å². The van der Waals surface area contributed by atoms with Crippen LogP contribution in [0.5, 0.6) is 11.6 Å². The van der Waals surface area contributed by atoms with Crippen molar-refractivity contribution >= 4 is 23.3 Å². The van der Waals surface area contributed by atoms with Crippen molar-refractivity contribution in [3.05, 3.63) is 47.1 Å². The van der Waals surface area contributed by atoms with Gasteiger partial charge < -0.3 is 15.2 Å². The largest absolute Gasteiger partial charge is 0.465 e. The van der Waals surface area contributed by atoms with Crippen LogP contribution in [0.4, 0.5) is 5.69 Å². The minimum absolute atomic E-state index is 0.181. The van der Waals surface area contributed by atoms with Crippen LogP contribution < -0.4 is 10.5 Å². The normalized spacial score (nSPS) is 10.0. The van der Waals surface area contributed by atoms with Crippen LogP contribution in [0, 0.1) is 0 Å². The zero-order valence-electron chi connectivity index (χ0n) is 10.1. The lowest BCUT2D eigenvalue weighted by atomic mass is 10.2. The van der Waals surface area contributed by atoms with E-state index in [4.69, 9.17) is 22.1 Å². The van der Waals surface area contributed by atoms with E-state index in [1.165, 1.54) is 19.4 Å². The van der Waals surface area contributed by atoms with Gasteiger partial charge in [-0.25, -0.2) is 9.78 Å². The number of nitrogens with zero attached hydrogens (tertiary/aromatic N) is 1. The number of carbonyl (C=O) groups excluding carboxylic acids is 1. The molecule has 0 aliphatic carbocycles. The molecule has 0 aliphatic heterocycles. The van der Waals surface area contributed by atoms with Crippen molar-refractivity contribution in [3.8, 4) is 11.6 Å². The van der Waals surface area contributed by atoms with Crippen LogP contribution >= 0.6 is 11.6 Å². The molecule has 1 aromatic heterocycles. The fraction of sp³-hybridized carbons (Fsp3) is 0.0769. The highest BCUT2D eigenvalue weighted by Gasteiger charge is 2.14. The van der Waals surface area contributed by atoms with Crippen LogP contribution in [0.25, 0.3) is 0 Å². The minimum Gasteiger partial charge on any atom is -0.465 e. The van der Waals surface area contributed by atoms with E-state index in [9.17, 15) is 4.79 Å². The van der Waals surface area contributed by atoms with Crippen molar-refractivity contribution in [2.75, 3.05) is 12.8 Å². The third-order valence-corrected chi connectivity index (χ3v) is 2.55. The zero-order chi connectivity index (χ0) is 13.8. The summed E-state index contributed by atoms with van der Waals surface area (Å²) in [6.07, 6.45) is 1.41. The van der Waals surface area contributed by atoms with Gasteiger partial charge in [0, 0.05) is 6.20 Å². The van der Waals surface area contributed by atoms with Gasteiger partial charge in [0.05, 0.1) is 17.8 Å². The summed E-state index contributed by atoms with van der Waals surface area (Å²) in [6.45, 7) is 0. The van der Waals surface area contributed by atoms with Gasteiger partial charge in [-0.05, 0) is 18.2 Å². The van der Waals surface area contributed by atoms with E-state index in [1.807, 2.05) is 0 Å². The van der Waals surface area contributed by atoms with Crippen LogP contribution in [0.3, 0.4) is 0 Å². The molecule has 1 aromatic carbocycles. The number of ether oxygens (including phenoxy) is 2. The van der Waals surface area contributed by atoms with E-state index in [0.717, 1.165) is 0 Å². The highest BCUT2D eigenvalue weighted by atomic mass is 35.5. The fourth-order valence-corrected chi connectivity index (χ4v) is 1.63. The Morgan fingerprint density at radius 1 is 1.37 bits per heavy atom. The molecule has 2 aromatic rings. The number of nitrogen functional groups attached to an aromatic ring is 1. The maximum absolute atomic E-state index is 11.6. The van der Waals surface area contributed by atoms with Crippen molar-refractivity contribution in [3.63, 3.8) is 0 Å². The Morgan fingerprint density at radius 3 is 2.79 bits per heavy atom. The van der Waals surface area contributed by atoms with Crippen LogP contribution in [0.2, 0.25) is 5.02 Å². The second kappa shape index (κ2) is 5.58. The molecular formula is C13H11ClN2O3. The molecule has 0 saturated carbocycles. The van der Waals surface area contributed by atoms with E-state index >= 15 is 0 Å². The number of nitrogens with two attached hydrogens (primary N) is 1. The predicted molar refractivity (Wildman–Crippen MR) is 71.5 cm³/mol. The molecule has 1 heterocycles. The summed E-state index contributed by atoms with van der Waals surface area (Å²) in [5.41, 5.74) is 6.32. The Kier molecular flexibility index (Phi) is 3.87. The number of anilines is 1. The average molecular weight is 279 g/mol. The molecule has 0 fully saturated rings. The molecule has 0 bridgehead atoms. The van der Waals surface area contributed by atoms with Crippen LogP contribution in [-0.4, -0.2) is 18.1 Å². The molecular weight excluding hydrogens is 268 g/mol. The topological polar surface area (TPSA) is 74.4 Å². The maximum atomic E-state index is 11.6. The molecule has 19 heavy (non-hydrogen) atoms. The Morgan fingerprint density at radius 2 is 2.11 bits per heavy atom. The Bertz CT molecular complexity index is 617. The smallest absolute Gasteiger partial charge is 0.341 e. The SMILES string of the molecule is COC(=O)c1ccccc1Oc1ncc(Cl)cc1N. The Labute approximate surface area is 114 Å². The summed E-state index contributed by atoms with van der Waals surface area (Å²) < 4.78 is 10.2. The first-order valence-corrected chi connectivity index (χ1v) is 5.76. The first-order chi connectivity index (χ1) is 9.11. The van der Waals surface area contributed by atoms with Gasteiger partial charge in [0.25, 0.3) is 0 Å². The third-order valence-electron chi connectivity index (χ3n) is 2.34. The van der Waals surface area contributed by atoms with Crippen molar-refractivity contribution in [1.29, 1.82) is 0 Å². The minimum atomic E-state index is -0.497. The first kappa shape index (κ1) is 13.2. The summed E-state index contributed by atoms with van der Waals surface area (Å²) in [6, 6.07) is 8.17. The number of rotatable bonds is 3. The van der Waals surface area contributed by atoms with Crippen molar-refractivity contribution < 1.29 is 14.3 Å². The number of pyridine rings is 1. The molecule has 2 N–H and O–H groups in total. The number of carbonyl (C=O) groups is 1. The molecule has 2 rings (SSSR count). The van der Waals surface area contributed by atoms with Crippen LogP contribution in [-0.2, 0) is 4.74 Å². The van der Waals surface area contributed by atoms with Crippen molar-refractivity contribution in [2.24, 2.45) is 0 Å². The lowest BCUT2D eigenvalue weighted by molar-refractivity contribution is 0.0598. The van der Waals surface area contributed by atoms with E-state index in [0.29, 0.717) is 16.3 Å². The first-order valence-electron chi connectivity index (χ1n) is 5.38. The van der Waals surface area contributed by atoms with Gasteiger partial charge in [-0.3, -0.25) is 0 Å². The zero-order valence-corrected chi connectivity index (χ0v) is 10.8. The molecule has 0 spiro atoms. The lowest BCUT2D eigenvalue weighted by Gasteiger charge is -2.10. The number of halogens is 1. The predicted octanol–water partition coefficient (Wildman–Crippen LogP) is 2.90. The van der Waals surface area contributed by atoms with Crippen LogP contribution in [0.1, 0.15) is 10.4 Å². The second-order valence-electron chi connectivity index (χ2n) is 3.64. The molecule has 6 heteroatoms. The third kappa shape index (κ3) is 2.95. The van der Waals surface area contributed by atoms with Gasteiger partial charge >= 0.3 is 5.97 Å². The number of aromatic nitrogens is 1. The van der Waals surface area contributed by atoms with E-state index < -0.39 is 5.97 Å². The molecule has 5 nitrogen and oxygen atoms in total. The molecule has 0 atom stereocenters. The number of hydrogen-bond donors (Lipinski definition) is 1. The molecule has 0 saturated heterocycles. The molecule has 0 amide bonds. The summed E-state index contributed by atoms with van der Waals surface area (Å²) >= 11 is 5.75. The van der Waals surface area contributed by atoms with Crippen LogP contribution in [0.15, 0.2) is 36.5 Å². The summed E-state index contributed by atoms with van der Waals surface area (Å²) in [7, 11) is 1.30. The Balaban J connectivity index is 2.35. The van der Waals surface area contributed by atoms with Crippen molar-refractivity contribution in [2.45, 2.75) is 0 Å². The van der Waals surface area contributed by atoms with E-state index in [2.05, 4.69) is 9.72 Å². The second-order valence-corrected chi connectivity index (χ2v) is 4.07. The molecule has 0 unspecified atom stereocenters. The number of hydrogen-bond acceptors (Lipinski definition) is 5. The van der Waals surface area contributed by atoms with E-state index in [-0.39, 0.29) is 11.6 Å². The van der Waals surface area contributed by atoms with E-state index in [1.54, 1.807) is 24.3 Å². The fourth-order valence-electron chi connectivity index (χ4n) is 1.47. The standard InChI is InChI=1S/C13H11ClN2O3/c1-18-13(17)9-4-2-3-5-11(9)19-12-10(15)6-8(14)7-16-12/h2-7H,15H2,1H3. The van der Waals surface area contributed by atoms with Gasteiger partial charge in [-0.2, -0.15) is 0 Å². The summed E-state index contributed by atoms with van der Waals surface area (Å²) in [4.78, 5) is 15.6. The number of methoxy groups -OCH3 is 1. The Hall–Kier alpha value is -2.27.